The van der Waals surface area contributed by atoms with Gasteiger partial charge in [0.15, 0.2) is 0 Å². The van der Waals surface area contributed by atoms with Crippen LogP contribution in [0.1, 0.15) is 21.5 Å². The molecule has 5 rings (SSSR count). The van der Waals surface area contributed by atoms with Gasteiger partial charge in [0.05, 0.1) is 17.8 Å². The Balaban J connectivity index is 1.35. The molecule has 0 atom stereocenters. The van der Waals surface area contributed by atoms with Gasteiger partial charge in [-0.05, 0) is 48.9 Å². The highest BCUT2D eigenvalue weighted by Gasteiger charge is 2.19. The third-order valence-corrected chi connectivity index (χ3v) is 6.17. The van der Waals surface area contributed by atoms with Crippen LogP contribution in [0.4, 0.5) is 10.1 Å². The summed E-state index contributed by atoms with van der Waals surface area (Å²) in [4.78, 5) is 26.9. The minimum Gasteiger partial charge on any atom is -0.360 e. The van der Waals surface area contributed by atoms with Gasteiger partial charge in [0.2, 0.25) is 5.91 Å². The van der Waals surface area contributed by atoms with Crippen molar-refractivity contribution in [2.45, 2.75) is 13.5 Å². The summed E-state index contributed by atoms with van der Waals surface area (Å²) in [6.07, 6.45) is 1.67. The molecule has 1 saturated heterocycles. The van der Waals surface area contributed by atoms with Crippen molar-refractivity contribution in [3.8, 4) is 16.9 Å². The van der Waals surface area contributed by atoms with Crippen LogP contribution in [0, 0.1) is 12.7 Å². The number of anilines is 1. The molecule has 36 heavy (non-hydrogen) atoms. The van der Waals surface area contributed by atoms with Crippen LogP contribution in [-0.2, 0) is 11.3 Å². The summed E-state index contributed by atoms with van der Waals surface area (Å²) in [5, 5.41) is 10.5. The second kappa shape index (κ2) is 10.0. The Morgan fingerprint density at radius 2 is 1.69 bits per heavy atom. The van der Waals surface area contributed by atoms with Crippen molar-refractivity contribution in [3.63, 3.8) is 0 Å². The predicted molar refractivity (Wildman–Crippen MR) is 137 cm³/mol. The SMILES string of the molecule is Cc1ccc(-c2nn(-c3ccc(F)cc3)cc2C(=O)NCc2ccc(N3CCNC(=O)C3)cc2)cc1. The second-order valence-electron chi connectivity index (χ2n) is 8.80. The molecular formula is C28H26FN5O2. The number of piperazine rings is 1. The van der Waals surface area contributed by atoms with Gasteiger partial charge in [-0.1, -0.05) is 42.0 Å². The summed E-state index contributed by atoms with van der Waals surface area (Å²) in [5.74, 6) is -0.573. The van der Waals surface area contributed by atoms with E-state index in [1.807, 2.05) is 60.4 Å². The molecule has 1 aromatic heterocycles. The van der Waals surface area contributed by atoms with Crippen molar-refractivity contribution < 1.29 is 14.0 Å². The van der Waals surface area contributed by atoms with Crippen molar-refractivity contribution in [1.82, 2.24) is 20.4 Å². The average Bonchev–Trinajstić information content (AvgIpc) is 3.34. The highest BCUT2D eigenvalue weighted by molar-refractivity contribution is 6.00. The molecule has 1 fully saturated rings. The van der Waals surface area contributed by atoms with E-state index in [-0.39, 0.29) is 17.6 Å². The predicted octanol–water partition coefficient (Wildman–Crippen LogP) is 3.85. The Kier molecular flexibility index (Phi) is 6.49. The number of rotatable bonds is 6. The summed E-state index contributed by atoms with van der Waals surface area (Å²) in [7, 11) is 0. The number of halogens is 1. The molecule has 2 heterocycles. The first-order chi connectivity index (χ1) is 17.5. The average molecular weight is 484 g/mol. The Morgan fingerprint density at radius 1 is 1.00 bits per heavy atom. The zero-order valence-electron chi connectivity index (χ0n) is 19.9. The van der Waals surface area contributed by atoms with Crippen molar-refractivity contribution in [2.24, 2.45) is 0 Å². The van der Waals surface area contributed by atoms with Gasteiger partial charge in [0, 0.05) is 37.1 Å². The number of hydrogen-bond donors (Lipinski definition) is 2. The Morgan fingerprint density at radius 3 is 2.39 bits per heavy atom. The molecule has 4 aromatic rings. The standard InChI is InChI=1S/C28H26FN5O2/c1-19-2-6-21(7-3-19)27-25(17-34(32-27)24-12-8-22(29)9-13-24)28(36)31-16-20-4-10-23(11-5-20)33-15-14-30-26(35)18-33/h2-13,17H,14-16,18H2,1H3,(H,30,35)(H,31,36). The van der Waals surface area contributed by atoms with Gasteiger partial charge in [-0.2, -0.15) is 5.10 Å². The van der Waals surface area contributed by atoms with E-state index in [4.69, 9.17) is 0 Å². The molecule has 0 bridgehead atoms. The number of amides is 2. The van der Waals surface area contributed by atoms with Crippen LogP contribution >= 0.6 is 0 Å². The first kappa shape index (κ1) is 23.3. The minimum absolute atomic E-state index is 0.0168. The van der Waals surface area contributed by atoms with Gasteiger partial charge in [0.1, 0.15) is 11.5 Å². The molecule has 8 heteroatoms. The molecule has 1 aliphatic heterocycles. The maximum atomic E-state index is 13.4. The Bertz CT molecular complexity index is 1380. The van der Waals surface area contributed by atoms with E-state index in [9.17, 15) is 14.0 Å². The van der Waals surface area contributed by atoms with Crippen LogP contribution < -0.4 is 15.5 Å². The molecule has 0 aliphatic carbocycles. The van der Waals surface area contributed by atoms with Gasteiger partial charge < -0.3 is 15.5 Å². The van der Waals surface area contributed by atoms with Gasteiger partial charge in [0.25, 0.3) is 5.91 Å². The number of aromatic nitrogens is 2. The monoisotopic (exact) mass is 483 g/mol. The summed E-state index contributed by atoms with van der Waals surface area (Å²) in [6, 6.07) is 21.6. The van der Waals surface area contributed by atoms with E-state index < -0.39 is 0 Å². The summed E-state index contributed by atoms with van der Waals surface area (Å²) < 4.78 is 15.0. The quantitative estimate of drug-likeness (QED) is 0.437. The molecule has 3 aromatic carbocycles. The molecule has 2 N–H and O–H groups in total. The van der Waals surface area contributed by atoms with E-state index in [1.165, 1.54) is 12.1 Å². The smallest absolute Gasteiger partial charge is 0.255 e. The lowest BCUT2D eigenvalue weighted by Crippen LogP contribution is -2.47. The van der Waals surface area contributed by atoms with Gasteiger partial charge in [-0.3, -0.25) is 9.59 Å². The van der Waals surface area contributed by atoms with Gasteiger partial charge >= 0.3 is 0 Å². The third kappa shape index (κ3) is 5.12. The molecule has 2 amide bonds. The van der Waals surface area contributed by atoms with Crippen LogP contribution in [0.5, 0.6) is 0 Å². The first-order valence-corrected chi connectivity index (χ1v) is 11.8. The van der Waals surface area contributed by atoms with Crippen molar-refractivity contribution in [3.05, 3.63) is 102 Å². The number of nitrogens with one attached hydrogen (secondary N) is 2. The molecule has 0 radical (unpaired) electrons. The number of hydrogen-bond acceptors (Lipinski definition) is 4. The maximum Gasteiger partial charge on any atom is 0.255 e. The lowest BCUT2D eigenvalue weighted by Gasteiger charge is -2.28. The van der Waals surface area contributed by atoms with Crippen molar-refractivity contribution in [1.29, 1.82) is 0 Å². The van der Waals surface area contributed by atoms with E-state index in [0.29, 0.717) is 36.6 Å². The molecule has 0 spiro atoms. The highest BCUT2D eigenvalue weighted by atomic mass is 19.1. The zero-order chi connectivity index (χ0) is 25.1. The Labute approximate surface area is 208 Å². The third-order valence-electron chi connectivity index (χ3n) is 6.17. The molecule has 7 nitrogen and oxygen atoms in total. The lowest BCUT2D eigenvalue weighted by atomic mass is 10.1. The molecule has 0 unspecified atom stereocenters. The van der Waals surface area contributed by atoms with Gasteiger partial charge in [-0.15, -0.1) is 0 Å². The van der Waals surface area contributed by atoms with Crippen molar-refractivity contribution in [2.75, 3.05) is 24.5 Å². The van der Waals surface area contributed by atoms with Crippen LogP contribution in [-0.4, -0.2) is 41.2 Å². The number of carbonyl (C=O) groups excluding carboxylic acids is 2. The zero-order valence-corrected chi connectivity index (χ0v) is 19.9. The number of aryl methyl sites for hydroxylation is 1. The Hall–Kier alpha value is -4.46. The highest BCUT2D eigenvalue weighted by Crippen LogP contribution is 2.25. The van der Waals surface area contributed by atoms with E-state index >= 15 is 0 Å². The van der Waals surface area contributed by atoms with Crippen LogP contribution in [0.2, 0.25) is 0 Å². The fourth-order valence-electron chi connectivity index (χ4n) is 4.15. The summed E-state index contributed by atoms with van der Waals surface area (Å²) >= 11 is 0. The van der Waals surface area contributed by atoms with Crippen LogP contribution in [0.25, 0.3) is 16.9 Å². The summed E-state index contributed by atoms with van der Waals surface area (Å²) in [6.45, 7) is 4.08. The van der Waals surface area contributed by atoms with Gasteiger partial charge in [-0.25, -0.2) is 9.07 Å². The largest absolute Gasteiger partial charge is 0.360 e. The normalized spacial score (nSPS) is 13.4. The molecule has 182 valence electrons. The van der Waals surface area contributed by atoms with Crippen LogP contribution in [0.15, 0.2) is 79.0 Å². The second-order valence-corrected chi connectivity index (χ2v) is 8.80. The van der Waals surface area contributed by atoms with Crippen molar-refractivity contribution >= 4 is 17.5 Å². The lowest BCUT2D eigenvalue weighted by molar-refractivity contribution is -0.120. The van der Waals surface area contributed by atoms with Crippen LogP contribution in [0.3, 0.4) is 0 Å². The number of benzene rings is 3. The van der Waals surface area contributed by atoms with E-state index in [2.05, 4.69) is 15.7 Å². The van der Waals surface area contributed by atoms with E-state index in [0.717, 1.165) is 28.9 Å². The number of carbonyl (C=O) groups is 2. The minimum atomic E-state index is -0.336. The maximum absolute atomic E-state index is 13.4. The fraction of sp³-hybridized carbons (Fsp3) is 0.179. The van der Waals surface area contributed by atoms with E-state index in [1.54, 1.807) is 23.0 Å². The molecule has 1 aliphatic rings. The first-order valence-electron chi connectivity index (χ1n) is 11.8. The molecule has 0 saturated carbocycles. The topological polar surface area (TPSA) is 79.3 Å². The summed E-state index contributed by atoms with van der Waals surface area (Å²) in [5.41, 5.74) is 5.48. The fourth-order valence-corrected chi connectivity index (χ4v) is 4.15. The molecular weight excluding hydrogens is 457 g/mol. The number of nitrogens with zero attached hydrogens (tertiary/aromatic N) is 3.